The minimum atomic E-state index is -0.265. The molecule has 3 fully saturated rings. The zero-order valence-corrected chi connectivity index (χ0v) is 16.6. The SMILES string of the molecule is Cl.Cl.O=C(c1ccc(N2CCCC2)c(F)c1)N1CC[C@@H]2CNC[C@@H]2CC1. The molecule has 0 unspecified atom stereocenters. The molecule has 1 aromatic carbocycles. The summed E-state index contributed by atoms with van der Waals surface area (Å²) in [7, 11) is 0. The number of benzene rings is 1. The van der Waals surface area contributed by atoms with Crippen LogP contribution in [0, 0.1) is 17.7 Å². The van der Waals surface area contributed by atoms with E-state index < -0.39 is 0 Å². The quantitative estimate of drug-likeness (QED) is 0.822. The minimum Gasteiger partial charge on any atom is -0.369 e. The van der Waals surface area contributed by atoms with Gasteiger partial charge >= 0.3 is 0 Å². The molecule has 3 heterocycles. The molecule has 4 rings (SSSR count). The number of carbonyl (C=O) groups excluding carboxylic acids is 1. The van der Waals surface area contributed by atoms with E-state index in [1.807, 2.05) is 4.90 Å². The maximum Gasteiger partial charge on any atom is 0.253 e. The normalized spacial score (nSPS) is 25.1. The number of amides is 1. The van der Waals surface area contributed by atoms with Gasteiger partial charge in [0.05, 0.1) is 5.69 Å². The van der Waals surface area contributed by atoms with E-state index in [1.165, 1.54) is 6.07 Å². The minimum absolute atomic E-state index is 0. The highest BCUT2D eigenvalue weighted by Gasteiger charge is 2.31. The average molecular weight is 404 g/mol. The molecule has 4 nitrogen and oxygen atoms in total. The number of nitrogens with zero attached hydrogens (tertiary/aromatic N) is 2. The van der Waals surface area contributed by atoms with Crippen molar-refractivity contribution in [2.24, 2.45) is 11.8 Å². The largest absolute Gasteiger partial charge is 0.369 e. The summed E-state index contributed by atoms with van der Waals surface area (Å²) < 4.78 is 14.5. The number of nitrogens with one attached hydrogen (secondary N) is 1. The van der Waals surface area contributed by atoms with Gasteiger partial charge in [-0.25, -0.2) is 4.39 Å². The van der Waals surface area contributed by atoms with Crippen molar-refractivity contribution in [3.8, 4) is 0 Å². The summed E-state index contributed by atoms with van der Waals surface area (Å²) in [5.41, 5.74) is 1.13. The zero-order valence-electron chi connectivity index (χ0n) is 15.0. The molecule has 0 radical (unpaired) electrons. The van der Waals surface area contributed by atoms with Crippen molar-refractivity contribution < 1.29 is 9.18 Å². The van der Waals surface area contributed by atoms with Crippen LogP contribution >= 0.6 is 24.8 Å². The fourth-order valence-electron chi connectivity index (χ4n) is 4.46. The van der Waals surface area contributed by atoms with Crippen LogP contribution in [0.5, 0.6) is 0 Å². The standard InChI is InChI=1S/C19H26FN3O.2ClH/c20-17-11-14(3-4-18(17)22-7-1-2-8-22)19(24)23-9-5-15-12-21-13-16(15)6-10-23;;/h3-4,11,15-16,21H,1-2,5-10,12-13H2;2*1H/t15-,16+;;. The molecule has 1 N–H and O–H groups in total. The Bertz CT molecular complexity index is 611. The average Bonchev–Trinajstić information content (AvgIpc) is 3.23. The Morgan fingerprint density at radius 3 is 2.19 bits per heavy atom. The van der Waals surface area contributed by atoms with Crippen LogP contribution in [-0.2, 0) is 0 Å². The fourth-order valence-corrected chi connectivity index (χ4v) is 4.46. The smallest absolute Gasteiger partial charge is 0.253 e. The van der Waals surface area contributed by atoms with Gasteiger partial charge < -0.3 is 15.1 Å². The van der Waals surface area contributed by atoms with E-state index in [2.05, 4.69) is 10.2 Å². The summed E-state index contributed by atoms with van der Waals surface area (Å²) in [6.07, 6.45) is 4.34. The molecule has 7 heteroatoms. The van der Waals surface area contributed by atoms with E-state index in [0.717, 1.165) is 65.0 Å². The third-order valence-electron chi connectivity index (χ3n) is 5.95. The monoisotopic (exact) mass is 403 g/mol. The van der Waals surface area contributed by atoms with Gasteiger partial charge in [-0.1, -0.05) is 0 Å². The lowest BCUT2D eigenvalue weighted by Crippen LogP contribution is -2.33. The van der Waals surface area contributed by atoms with Crippen molar-refractivity contribution in [2.75, 3.05) is 44.2 Å². The molecular weight excluding hydrogens is 376 g/mol. The van der Waals surface area contributed by atoms with Crippen molar-refractivity contribution >= 4 is 36.4 Å². The van der Waals surface area contributed by atoms with Crippen LogP contribution in [0.4, 0.5) is 10.1 Å². The lowest BCUT2D eigenvalue weighted by Gasteiger charge is -2.22. The van der Waals surface area contributed by atoms with Gasteiger partial charge in [-0.05, 0) is 68.8 Å². The highest BCUT2D eigenvalue weighted by Crippen LogP contribution is 2.29. The highest BCUT2D eigenvalue weighted by molar-refractivity contribution is 5.94. The Morgan fingerprint density at radius 2 is 1.62 bits per heavy atom. The molecular formula is C19H28Cl2FN3O. The van der Waals surface area contributed by atoms with Crippen LogP contribution in [-0.4, -0.2) is 50.1 Å². The Morgan fingerprint density at radius 1 is 1.00 bits per heavy atom. The highest BCUT2D eigenvalue weighted by atomic mass is 35.5. The lowest BCUT2D eigenvalue weighted by atomic mass is 9.92. The van der Waals surface area contributed by atoms with E-state index in [1.54, 1.807) is 12.1 Å². The maximum absolute atomic E-state index is 14.5. The predicted molar refractivity (Wildman–Crippen MR) is 107 cm³/mol. The van der Waals surface area contributed by atoms with Crippen molar-refractivity contribution in [2.45, 2.75) is 25.7 Å². The molecule has 0 saturated carbocycles. The molecule has 0 bridgehead atoms. The van der Waals surface area contributed by atoms with E-state index in [0.29, 0.717) is 23.1 Å². The predicted octanol–water partition coefficient (Wildman–Crippen LogP) is 3.34. The summed E-state index contributed by atoms with van der Waals surface area (Å²) in [5, 5.41) is 3.45. The van der Waals surface area contributed by atoms with Crippen molar-refractivity contribution in [1.82, 2.24) is 10.2 Å². The first-order chi connectivity index (χ1) is 11.7. The molecule has 0 aliphatic carbocycles. The second kappa shape index (κ2) is 9.25. The maximum atomic E-state index is 14.5. The first-order valence-corrected chi connectivity index (χ1v) is 9.27. The summed E-state index contributed by atoms with van der Waals surface area (Å²) >= 11 is 0. The molecule has 1 amide bonds. The van der Waals surface area contributed by atoms with Crippen LogP contribution in [0.1, 0.15) is 36.0 Å². The van der Waals surface area contributed by atoms with Crippen LogP contribution < -0.4 is 10.2 Å². The Hall–Kier alpha value is -1.04. The van der Waals surface area contributed by atoms with E-state index in [9.17, 15) is 9.18 Å². The van der Waals surface area contributed by atoms with Crippen LogP contribution in [0.25, 0.3) is 0 Å². The number of anilines is 1. The third kappa shape index (κ3) is 4.26. The molecule has 0 aromatic heterocycles. The molecule has 146 valence electrons. The fraction of sp³-hybridized carbons (Fsp3) is 0.632. The molecule has 3 saturated heterocycles. The molecule has 26 heavy (non-hydrogen) atoms. The van der Waals surface area contributed by atoms with Gasteiger partial charge in [0.15, 0.2) is 0 Å². The van der Waals surface area contributed by atoms with Crippen molar-refractivity contribution in [3.63, 3.8) is 0 Å². The molecule has 3 aliphatic rings. The van der Waals surface area contributed by atoms with Gasteiger partial charge in [0.2, 0.25) is 0 Å². The zero-order chi connectivity index (χ0) is 16.5. The van der Waals surface area contributed by atoms with Gasteiger partial charge in [-0.15, -0.1) is 24.8 Å². The molecule has 2 atom stereocenters. The topological polar surface area (TPSA) is 35.6 Å². The van der Waals surface area contributed by atoms with Crippen LogP contribution in [0.3, 0.4) is 0 Å². The lowest BCUT2D eigenvalue weighted by molar-refractivity contribution is 0.0758. The van der Waals surface area contributed by atoms with Crippen LogP contribution in [0.2, 0.25) is 0 Å². The molecule has 0 spiro atoms. The van der Waals surface area contributed by atoms with Crippen molar-refractivity contribution in [3.05, 3.63) is 29.6 Å². The van der Waals surface area contributed by atoms with Gasteiger partial charge in [0.25, 0.3) is 5.91 Å². The summed E-state index contributed by atoms with van der Waals surface area (Å²) in [5.74, 6) is 1.10. The Balaban J connectivity index is 0.00000121. The first-order valence-electron chi connectivity index (χ1n) is 9.27. The number of halogens is 3. The van der Waals surface area contributed by atoms with Gasteiger partial charge in [0.1, 0.15) is 5.82 Å². The van der Waals surface area contributed by atoms with E-state index >= 15 is 0 Å². The first kappa shape index (κ1) is 21.3. The molecule has 1 aromatic rings. The second-order valence-corrected chi connectivity index (χ2v) is 7.41. The van der Waals surface area contributed by atoms with Gasteiger partial charge in [-0.2, -0.15) is 0 Å². The van der Waals surface area contributed by atoms with Gasteiger partial charge in [-0.3, -0.25) is 4.79 Å². The summed E-state index contributed by atoms with van der Waals surface area (Å²) in [6, 6.07) is 5.01. The number of fused-ring (bicyclic) bond motifs is 1. The number of likely N-dealkylation sites (tertiary alicyclic amines) is 1. The Labute approximate surface area is 167 Å². The van der Waals surface area contributed by atoms with E-state index in [-0.39, 0.29) is 36.5 Å². The third-order valence-corrected chi connectivity index (χ3v) is 5.95. The molecule has 3 aliphatic heterocycles. The van der Waals surface area contributed by atoms with Gasteiger partial charge in [0, 0.05) is 31.7 Å². The summed E-state index contributed by atoms with van der Waals surface area (Å²) in [6.45, 7) is 5.55. The number of hydrogen-bond acceptors (Lipinski definition) is 3. The summed E-state index contributed by atoms with van der Waals surface area (Å²) in [4.78, 5) is 16.8. The number of carbonyl (C=O) groups is 1. The Kier molecular flexibility index (Phi) is 7.56. The van der Waals surface area contributed by atoms with E-state index in [4.69, 9.17) is 0 Å². The number of rotatable bonds is 2. The van der Waals surface area contributed by atoms with Crippen LogP contribution in [0.15, 0.2) is 18.2 Å². The second-order valence-electron chi connectivity index (χ2n) is 7.41. The van der Waals surface area contributed by atoms with Crippen molar-refractivity contribution in [1.29, 1.82) is 0 Å². The number of hydrogen-bond donors (Lipinski definition) is 1.